The van der Waals surface area contributed by atoms with E-state index in [0.717, 1.165) is 0 Å². The maximum Gasteiger partial charge on any atom is 0.285 e. The van der Waals surface area contributed by atoms with Crippen molar-refractivity contribution in [3.63, 3.8) is 0 Å². The van der Waals surface area contributed by atoms with Crippen LogP contribution in [0.4, 0.5) is 5.69 Å². The number of aromatic amines is 1. The molecule has 6 heteroatoms. The Kier molecular flexibility index (Phi) is 4.11. The molecule has 3 N–H and O–H groups in total. The summed E-state index contributed by atoms with van der Waals surface area (Å²) >= 11 is 5.78. The number of rotatable bonds is 4. The Labute approximate surface area is 92.5 Å². The molecule has 1 rings (SSSR count). The summed E-state index contributed by atoms with van der Waals surface area (Å²) in [4.78, 5) is 11.1. The van der Waals surface area contributed by atoms with Crippen LogP contribution in [0.3, 0.4) is 0 Å². The van der Waals surface area contributed by atoms with Gasteiger partial charge < -0.3 is 10.4 Å². The van der Waals surface area contributed by atoms with Crippen LogP contribution in [-0.4, -0.2) is 28.0 Å². The van der Waals surface area contributed by atoms with Crippen LogP contribution in [0, 0.1) is 5.92 Å². The highest BCUT2D eigenvalue weighted by atomic mass is 35.5. The number of hydrogen-bond donors (Lipinski definition) is 3. The highest BCUT2D eigenvalue weighted by molar-refractivity contribution is 6.32. The summed E-state index contributed by atoms with van der Waals surface area (Å²) in [6.07, 6.45) is 1.45. The van der Waals surface area contributed by atoms with E-state index in [1.165, 1.54) is 6.20 Å². The number of nitrogens with one attached hydrogen (secondary N) is 2. The molecular weight excluding hydrogens is 218 g/mol. The molecule has 0 amide bonds. The molecule has 1 aromatic heterocycles. The molecule has 0 saturated carbocycles. The summed E-state index contributed by atoms with van der Waals surface area (Å²) in [5.41, 5.74) is 0.0544. The number of aliphatic hydroxyl groups is 1. The van der Waals surface area contributed by atoms with Crippen molar-refractivity contribution in [2.75, 3.05) is 11.9 Å². The van der Waals surface area contributed by atoms with Gasteiger partial charge in [-0.1, -0.05) is 18.5 Å². The van der Waals surface area contributed by atoms with E-state index in [1.54, 1.807) is 0 Å². The monoisotopic (exact) mass is 231 g/mol. The smallest absolute Gasteiger partial charge is 0.285 e. The van der Waals surface area contributed by atoms with Gasteiger partial charge in [0.05, 0.1) is 11.9 Å². The zero-order chi connectivity index (χ0) is 11.4. The van der Waals surface area contributed by atoms with Crippen molar-refractivity contribution in [3.8, 4) is 0 Å². The average molecular weight is 232 g/mol. The third-order valence-corrected chi connectivity index (χ3v) is 2.70. The van der Waals surface area contributed by atoms with Gasteiger partial charge in [-0.05, 0) is 12.8 Å². The van der Waals surface area contributed by atoms with Crippen molar-refractivity contribution >= 4 is 17.3 Å². The Morgan fingerprint density at radius 3 is 2.93 bits per heavy atom. The maximum absolute atomic E-state index is 11.1. The van der Waals surface area contributed by atoms with Crippen LogP contribution in [0.2, 0.25) is 5.02 Å². The van der Waals surface area contributed by atoms with E-state index in [4.69, 9.17) is 16.7 Å². The van der Waals surface area contributed by atoms with Crippen molar-refractivity contribution in [2.24, 2.45) is 5.92 Å². The molecule has 0 saturated heterocycles. The highest BCUT2D eigenvalue weighted by Crippen LogP contribution is 2.17. The summed E-state index contributed by atoms with van der Waals surface area (Å²) in [6, 6.07) is 0.0103. The van der Waals surface area contributed by atoms with Crippen LogP contribution in [-0.2, 0) is 0 Å². The molecule has 0 spiro atoms. The largest absolute Gasteiger partial charge is 0.396 e. The lowest BCUT2D eigenvalue weighted by atomic mass is 10.1. The molecule has 2 atom stereocenters. The first-order valence-corrected chi connectivity index (χ1v) is 5.04. The lowest BCUT2D eigenvalue weighted by molar-refractivity contribution is 0.226. The molecule has 1 heterocycles. The third-order valence-electron chi connectivity index (χ3n) is 2.32. The minimum Gasteiger partial charge on any atom is -0.396 e. The number of hydrogen-bond acceptors (Lipinski definition) is 4. The van der Waals surface area contributed by atoms with Gasteiger partial charge in [0.1, 0.15) is 5.02 Å². The summed E-state index contributed by atoms with van der Waals surface area (Å²) in [5.74, 6) is 0.0698. The van der Waals surface area contributed by atoms with Gasteiger partial charge in [0.2, 0.25) is 0 Å². The molecule has 0 aromatic carbocycles. The van der Waals surface area contributed by atoms with E-state index in [-0.39, 0.29) is 23.6 Å². The number of aromatic nitrogens is 2. The lowest BCUT2D eigenvalue weighted by Gasteiger charge is -2.20. The fourth-order valence-electron chi connectivity index (χ4n) is 1.03. The first kappa shape index (κ1) is 12.0. The molecule has 0 aliphatic rings. The van der Waals surface area contributed by atoms with Crippen molar-refractivity contribution in [2.45, 2.75) is 19.9 Å². The van der Waals surface area contributed by atoms with E-state index in [0.29, 0.717) is 5.69 Å². The predicted molar refractivity (Wildman–Crippen MR) is 59.2 cm³/mol. The molecule has 84 valence electrons. The van der Waals surface area contributed by atoms with Crippen LogP contribution < -0.4 is 10.9 Å². The van der Waals surface area contributed by atoms with Gasteiger partial charge in [-0.15, -0.1) is 0 Å². The summed E-state index contributed by atoms with van der Waals surface area (Å²) in [7, 11) is 0. The molecule has 5 nitrogen and oxygen atoms in total. The Morgan fingerprint density at radius 2 is 2.33 bits per heavy atom. The number of nitrogens with zero attached hydrogens (tertiary/aromatic N) is 1. The lowest BCUT2D eigenvalue weighted by Crippen LogP contribution is -2.27. The molecule has 0 radical (unpaired) electrons. The molecule has 15 heavy (non-hydrogen) atoms. The third kappa shape index (κ3) is 2.94. The number of H-pyrrole nitrogens is 1. The summed E-state index contributed by atoms with van der Waals surface area (Å²) < 4.78 is 0. The number of aliphatic hydroxyl groups excluding tert-OH is 1. The molecule has 0 bridgehead atoms. The SMILES string of the molecule is CC(CO)C(C)Nc1cn[nH]c(=O)c1Cl. The maximum atomic E-state index is 11.1. The topological polar surface area (TPSA) is 78.0 Å². The molecule has 0 aliphatic carbocycles. The normalized spacial score (nSPS) is 14.7. The van der Waals surface area contributed by atoms with Crippen molar-refractivity contribution in [1.29, 1.82) is 0 Å². The number of halogens is 1. The van der Waals surface area contributed by atoms with Gasteiger partial charge in [0, 0.05) is 12.6 Å². The van der Waals surface area contributed by atoms with Crippen molar-refractivity contribution in [1.82, 2.24) is 10.2 Å². The van der Waals surface area contributed by atoms with Gasteiger partial charge in [0.25, 0.3) is 5.56 Å². The van der Waals surface area contributed by atoms with Crippen LogP contribution >= 0.6 is 11.6 Å². The van der Waals surface area contributed by atoms with Crippen molar-refractivity contribution < 1.29 is 5.11 Å². The molecule has 1 aromatic rings. The molecular formula is C9H14ClN3O2. The van der Waals surface area contributed by atoms with Crippen LogP contribution in [0.5, 0.6) is 0 Å². The van der Waals surface area contributed by atoms with Gasteiger partial charge in [-0.2, -0.15) is 5.10 Å². The highest BCUT2D eigenvalue weighted by Gasteiger charge is 2.13. The van der Waals surface area contributed by atoms with E-state index in [2.05, 4.69) is 15.5 Å². The van der Waals surface area contributed by atoms with E-state index in [9.17, 15) is 4.79 Å². The quantitative estimate of drug-likeness (QED) is 0.718. The standard InChI is InChI=1S/C9H14ClN3O2/c1-5(4-14)6(2)12-7-3-11-13-9(15)8(7)10/h3,5-6,14H,4H2,1-2H3,(H2,12,13,15). The fraction of sp³-hybridized carbons (Fsp3) is 0.556. The average Bonchev–Trinajstić information content (AvgIpc) is 2.23. The van der Waals surface area contributed by atoms with Gasteiger partial charge in [-0.3, -0.25) is 4.79 Å². The minimum atomic E-state index is -0.425. The second-order valence-corrected chi connectivity index (χ2v) is 3.90. The van der Waals surface area contributed by atoms with E-state index in [1.807, 2.05) is 13.8 Å². The fourth-order valence-corrected chi connectivity index (χ4v) is 1.18. The number of anilines is 1. The first-order chi connectivity index (χ1) is 7.06. The second kappa shape index (κ2) is 5.14. The molecule has 0 aliphatic heterocycles. The van der Waals surface area contributed by atoms with E-state index >= 15 is 0 Å². The predicted octanol–water partition coefficient (Wildman–Crippen LogP) is 0.852. The summed E-state index contributed by atoms with van der Waals surface area (Å²) in [5, 5.41) is 17.9. The zero-order valence-electron chi connectivity index (χ0n) is 8.62. The van der Waals surface area contributed by atoms with Crippen LogP contribution in [0.1, 0.15) is 13.8 Å². The Morgan fingerprint density at radius 1 is 1.67 bits per heavy atom. The van der Waals surface area contributed by atoms with Gasteiger partial charge in [0.15, 0.2) is 0 Å². The molecule has 0 fully saturated rings. The Bertz CT molecular complexity index is 380. The summed E-state index contributed by atoms with van der Waals surface area (Å²) in [6.45, 7) is 3.87. The Hall–Kier alpha value is -1.07. The molecule has 2 unspecified atom stereocenters. The first-order valence-electron chi connectivity index (χ1n) is 4.66. The van der Waals surface area contributed by atoms with Crippen molar-refractivity contribution in [3.05, 3.63) is 21.6 Å². The Balaban J connectivity index is 2.81. The zero-order valence-corrected chi connectivity index (χ0v) is 9.38. The van der Waals surface area contributed by atoms with E-state index < -0.39 is 5.56 Å². The minimum absolute atomic E-state index is 0.0103. The van der Waals surface area contributed by atoms with Crippen LogP contribution in [0.15, 0.2) is 11.0 Å². The van der Waals surface area contributed by atoms with Gasteiger partial charge in [-0.25, -0.2) is 5.10 Å². The second-order valence-electron chi connectivity index (χ2n) is 3.52. The van der Waals surface area contributed by atoms with Crippen LogP contribution in [0.25, 0.3) is 0 Å². The van der Waals surface area contributed by atoms with Gasteiger partial charge >= 0.3 is 0 Å².